The van der Waals surface area contributed by atoms with Gasteiger partial charge in [0.05, 0.1) is 24.1 Å². The van der Waals surface area contributed by atoms with Gasteiger partial charge in [0, 0.05) is 23.3 Å². The van der Waals surface area contributed by atoms with Crippen LogP contribution in [0.15, 0.2) is 18.2 Å². The van der Waals surface area contributed by atoms with Crippen LogP contribution in [0.2, 0.25) is 5.02 Å². The average Bonchev–Trinajstić information content (AvgIpc) is 3.06. The highest BCUT2D eigenvalue weighted by atomic mass is 35.5. The first-order chi connectivity index (χ1) is 15.6. The Morgan fingerprint density at radius 1 is 1.09 bits per heavy atom. The highest BCUT2D eigenvalue weighted by molar-refractivity contribution is 6.31. The summed E-state index contributed by atoms with van der Waals surface area (Å²) < 4.78 is 6.27. The van der Waals surface area contributed by atoms with Crippen LogP contribution in [-0.4, -0.2) is 39.9 Å². The number of aliphatic carboxylic acids is 1. The highest BCUT2D eigenvalue weighted by Crippen LogP contribution is 2.32. The zero-order valence-electron chi connectivity index (χ0n) is 19.7. The minimum atomic E-state index is -1.14. The van der Waals surface area contributed by atoms with Crippen LogP contribution < -0.4 is 0 Å². The van der Waals surface area contributed by atoms with E-state index in [1.807, 2.05) is 6.92 Å². The minimum Gasteiger partial charge on any atom is -0.481 e. The molecule has 33 heavy (non-hydrogen) atoms. The number of carboxylic acid groups (broad SMARTS) is 1. The Kier molecular flexibility index (Phi) is 9.65. The number of carboxylic acids is 1. The highest BCUT2D eigenvalue weighted by Gasteiger charge is 2.31. The maximum atomic E-state index is 13.4. The van der Waals surface area contributed by atoms with E-state index in [4.69, 9.17) is 21.4 Å². The maximum Gasteiger partial charge on any atom is 0.356 e. The van der Waals surface area contributed by atoms with E-state index in [0.29, 0.717) is 16.3 Å². The fourth-order valence-electron chi connectivity index (χ4n) is 3.92. The van der Waals surface area contributed by atoms with Crippen LogP contribution in [0, 0.1) is 11.8 Å². The molecule has 0 bridgehead atoms. The van der Waals surface area contributed by atoms with Crippen molar-refractivity contribution in [2.75, 3.05) is 6.61 Å². The largest absolute Gasteiger partial charge is 0.481 e. The molecule has 7 nitrogen and oxygen atoms in total. The molecule has 1 atom stereocenters. The van der Waals surface area contributed by atoms with Gasteiger partial charge >= 0.3 is 11.9 Å². The molecule has 180 valence electrons. The van der Waals surface area contributed by atoms with Gasteiger partial charge in [-0.2, -0.15) is 0 Å². The average molecular weight is 478 g/mol. The SMILES string of the molecule is CCOC(=O)c1c(C(=O)CC(C)CCCC(C)C)c2ccc(Cl)cc2n1C(=O)CCC(=O)O. The second-order valence-electron chi connectivity index (χ2n) is 8.79. The van der Waals surface area contributed by atoms with Crippen molar-refractivity contribution in [3.8, 4) is 0 Å². The predicted octanol–water partition coefficient (Wildman–Crippen LogP) is 6.01. The van der Waals surface area contributed by atoms with Crippen LogP contribution in [0.4, 0.5) is 0 Å². The van der Waals surface area contributed by atoms with E-state index in [2.05, 4.69) is 13.8 Å². The lowest BCUT2D eigenvalue weighted by atomic mass is 9.92. The molecule has 1 unspecified atom stereocenters. The number of esters is 1. The number of ketones is 1. The number of carbonyl (C=O) groups is 4. The number of Topliss-reactive ketones (excluding diaryl/α,β-unsaturated/α-hetero) is 1. The zero-order chi connectivity index (χ0) is 24.7. The molecule has 1 aromatic heterocycles. The lowest BCUT2D eigenvalue weighted by Crippen LogP contribution is -2.22. The van der Waals surface area contributed by atoms with Gasteiger partial charge in [0.25, 0.3) is 0 Å². The maximum absolute atomic E-state index is 13.4. The Labute approximate surface area is 199 Å². The van der Waals surface area contributed by atoms with Gasteiger partial charge in [-0.25, -0.2) is 4.79 Å². The van der Waals surface area contributed by atoms with Crippen LogP contribution in [-0.2, 0) is 9.53 Å². The molecule has 8 heteroatoms. The molecule has 0 fully saturated rings. The second kappa shape index (κ2) is 12.0. The summed E-state index contributed by atoms with van der Waals surface area (Å²) in [6, 6.07) is 4.70. The lowest BCUT2D eigenvalue weighted by molar-refractivity contribution is -0.137. The van der Waals surface area contributed by atoms with E-state index in [1.54, 1.807) is 19.1 Å². The summed E-state index contributed by atoms with van der Waals surface area (Å²) in [4.78, 5) is 50.4. The molecule has 1 aromatic carbocycles. The van der Waals surface area contributed by atoms with E-state index in [0.717, 1.165) is 23.8 Å². The van der Waals surface area contributed by atoms with Crippen LogP contribution in [0.1, 0.15) is 91.9 Å². The smallest absolute Gasteiger partial charge is 0.356 e. The van der Waals surface area contributed by atoms with Crippen LogP contribution >= 0.6 is 11.6 Å². The number of carbonyl (C=O) groups excluding carboxylic acids is 3. The van der Waals surface area contributed by atoms with E-state index in [9.17, 15) is 19.2 Å². The van der Waals surface area contributed by atoms with Crippen molar-refractivity contribution >= 4 is 46.1 Å². The summed E-state index contributed by atoms with van der Waals surface area (Å²) in [6.07, 6.45) is 2.43. The van der Waals surface area contributed by atoms with Gasteiger partial charge in [-0.15, -0.1) is 0 Å². The van der Waals surface area contributed by atoms with Gasteiger partial charge < -0.3 is 9.84 Å². The number of nitrogens with zero attached hydrogens (tertiary/aromatic N) is 1. The number of rotatable bonds is 12. The molecule has 1 N–H and O–H groups in total. The zero-order valence-corrected chi connectivity index (χ0v) is 20.4. The Morgan fingerprint density at radius 2 is 1.79 bits per heavy atom. The molecule has 1 heterocycles. The number of benzene rings is 1. The topological polar surface area (TPSA) is 103 Å². The molecule has 0 spiro atoms. The number of hydrogen-bond acceptors (Lipinski definition) is 5. The van der Waals surface area contributed by atoms with Crippen molar-refractivity contribution in [3.63, 3.8) is 0 Å². The molecule has 0 saturated heterocycles. The van der Waals surface area contributed by atoms with E-state index in [1.165, 1.54) is 6.07 Å². The third-order valence-electron chi connectivity index (χ3n) is 5.49. The molecular formula is C25H32ClNO6. The fourth-order valence-corrected chi connectivity index (χ4v) is 4.08. The Balaban J connectivity index is 2.56. The minimum absolute atomic E-state index is 0.0592. The molecule has 0 aliphatic heterocycles. The fraction of sp³-hybridized carbons (Fsp3) is 0.520. The van der Waals surface area contributed by atoms with Crippen LogP contribution in [0.25, 0.3) is 10.9 Å². The van der Waals surface area contributed by atoms with Gasteiger partial charge in [-0.05, 0) is 30.9 Å². The molecule has 0 aliphatic carbocycles. The number of hydrogen-bond donors (Lipinski definition) is 1. The molecule has 0 amide bonds. The molecule has 2 rings (SSSR count). The van der Waals surface area contributed by atoms with Crippen molar-refractivity contribution < 1.29 is 29.0 Å². The van der Waals surface area contributed by atoms with E-state index in [-0.39, 0.29) is 47.9 Å². The first-order valence-electron chi connectivity index (χ1n) is 11.4. The molecule has 0 saturated carbocycles. The number of fused-ring (bicyclic) bond motifs is 1. The monoisotopic (exact) mass is 477 g/mol. The quantitative estimate of drug-likeness (QED) is 0.296. The summed E-state index contributed by atoms with van der Waals surface area (Å²) in [5.74, 6) is -2.13. The summed E-state index contributed by atoms with van der Waals surface area (Å²) in [5.41, 5.74) is 0.250. The number of aromatic nitrogens is 1. The number of ether oxygens (including phenoxy) is 1. The van der Waals surface area contributed by atoms with Crippen molar-refractivity contribution in [2.45, 2.75) is 66.2 Å². The lowest BCUT2D eigenvalue weighted by Gasteiger charge is -2.13. The summed E-state index contributed by atoms with van der Waals surface area (Å²) in [7, 11) is 0. The van der Waals surface area contributed by atoms with Gasteiger partial charge in [-0.3, -0.25) is 19.0 Å². The second-order valence-corrected chi connectivity index (χ2v) is 9.22. The van der Waals surface area contributed by atoms with Crippen molar-refractivity contribution in [3.05, 3.63) is 34.5 Å². The van der Waals surface area contributed by atoms with E-state index >= 15 is 0 Å². The van der Waals surface area contributed by atoms with Gasteiger partial charge in [0.15, 0.2) is 5.78 Å². The molecule has 0 radical (unpaired) electrons. The van der Waals surface area contributed by atoms with Gasteiger partial charge in [0.2, 0.25) is 5.91 Å². The Morgan fingerprint density at radius 3 is 2.39 bits per heavy atom. The van der Waals surface area contributed by atoms with Gasteiger partial charge in [-0.1, -0.05) is 57.7 Å². The standard InChI is InChI=1S/C25H32ClNO6/c1-5-33-25(32)24-23(20(28)13-16(4)8-6-7-15(2)3)18-10-9-17(26)14-19(18)27(24)21(29)11-12-22(30)31/h9-10,14-16H,5-8,11-13H2,1-4H3,(H,30,31). The third-order valence-corrected chi connectivity index (χ3v) is 5.73. The van der Waals surface area contributed by atoms with Crippen molar-refractivity contribution in [1.82, 2.24) is 4.57 Å². The summed E-state index contributed by atoms with van der Waals surface area (Å²) in [6.45, 7) is 8.00. The van der Waals surface area contributed by atoms with Crippen LogP contribution in [0.3, 0.4) is 0 Å². The van der Waals surface area contributed by atoms with Gasteiger partial charge in [0.1, 0.15) is 5.69 Å². The first-order valence-corrected chi connectivity index (χ1v) is 11.7. The number of halogens is 1. The Hall–Kier alpha value is -2.67. The van der Waals surface area contributed by atoms with E-state index < -0.39 is 24.3 Å². The van der Waals surface area contributed by atoms with Crippen LogP contribution in [0.5, 0.6) is 0 Å². The normalized spacial score (nSPS) is 12.2. The molecular weight excluding hydrogens is 446 g/mol. The third kappa shape index (κ3) is 6.90. The summed E-state index contributed by atoms with van der Waals surface area (Å²) >= 11 is 6.15. The predicted molar refractivity (Wildman–Crippen MR) is 127 cm³/mol. The molecule has 0 aliphatic rings. The Bertz CT molecular complexity index is 1040. The molecule has 2 aromatic rings. The van der Waals surface area contributed by atoms with Crippen molar-refractivity contribution in [2.24, 2.45) is 11.8 Å². The summed E-state index contributed by atoms with van der Waals surface area (Å²) in [5, 5.41) is 9.74. The van der Waals surface area contributed by atoms with Crippen molar-refractivity contribution in [1.29, 1.82) is 0 Å². The first kappa shape index (κ1) is 26.6.